The van der Waals surface area contributed by atoms with E-state index in [1.165, 1.54) is 25.3 Å². The number of benzene rings is 4. The molecule has 13 heteroatoms. The van der Waals surface area contributed by atoms with Gasteiger partial charge < -0.3 is 15.2 Å². The van der Waals surface area contributed by atoms with Gasteiger partial charge in [-0.25, -0.2) is 0 Å². The van der Waals surface area contributed by atoms with Crippen molar-refractivity contribution in [2.45, 2.75) is 11.8 Å². The number of nitrogens with one attached hydrogen (secondary N) is 1. The number of amides is 1. The SMILES string of the molecule is COc1ccc(Cl)c(NC(=O)c2cc3ccccc3c(N=Nc3c(C)ccc(S(=O)(=O)O)c3Cl)c2[O-])c1.[Na+]. The molecule has 2 N–H and O–H groups in total. The molecule has 0 saturated carbocycles. The number of ether oxygens (including phenoxy) is 1. The Morgan fingerprint density at radius 2 is 1.71 bits per heavy atom. The number of halogens is 2. The summed E-state index contributed by atoms with van der Waals surface area (Å²) in [5.74, 6) is -1.00. The van der Waals surface area contributed by atoms with Crippen LogP contribution in [0.2, 0.25) is 10.0 Å². The molecule has 38 heavy (non-hydrogen) atoms. The summed E-state index contributed by atoms with van der Waals surface area (Å²) in [5.41, 5.74) is 0.248. The molecule has 0 atom stereocenters. The first-order chi connectivity index (χ1) is 17.5. The molecule has 4 rings (SSSR count). The van der Waals surface area contributed by atoms with E-state index in [1.807, 2.05) is 0 Å². The maximum Gasteiger partial charge on any atom is 1.00 e. The summed E-state index contributed by atoms with van der Waals surface area (Å²) < 4.78 is 37.9. The summed E-state index contributed by atoms with van der Waals surface area (Å²) in [7, 11) is -3.16. The number of rotatable bonds is 6. The Kier molecular flexibility index (Phi) is 9.43. The monoisotopic (exact) mass is 581 g/mol. The topological polar surface area (TPSA) is 140 Å². The number of hydrogen-bond acceptors (Lipinski definition) is 7. The van der Waals surface area contributed by atoms with Crippen LogP contribution in [0.25, 0.3) is 10.8 Å². The summed E-state index contributed by atoms with van der Waals surface area (Å²) in [4.78, 5) is 12.6. The van der Waals surface area contributed by atoms with Crippen molar-refractivity contribution < 1.29 is 57.2 Å². The van der Waals surface area contributed by atoms with E-state index in [4.69, 9.17) is 27.9 Å². The van der Waals surface area contributed by atoms with E-state index >= 15 is 0 Å². The van der Waals surface area contributed by atoms with E-state index < -0.39 is 26.7 Å². The molecule has 0 bridgehead atoms. The summed E-state index contributed by atoms with van der Waals surface area (Å²) in [5, 5.41) is 24.9. The van der Waals surface area contributed by atoms with Crippen molar-refractivity contribution in [3.63, 3.8) is 0 Å². The van der Waals surface area contributed by atoms with Crippen LogP contribution in [-0.2, 0) is 10.1 Å². The minimum atomic E-state index is -4.62. The van der Waals surface area contributed by atoms with Crippen molar-refractivity contribution in [3.05, 3.63) is 81.8 Å². The van der Waals surface area contributed by atoms with Gasteiger partial charge >= 0.3 is 29.6 Å². The molecule has 0 radical (unpaired) electrons. The summed E-state index contributed by atoms with van der Waals surface area (Å²) in [6.45, 7) is 1.60. The molecule has 0 spiro atoms. The van der Waals surface area contributed by atoms with Crippen molar-refractivity contribution in [2.24, 2.45) is 10.2 Å². The van der Waals surface area contributed by atoms with Gasteiger partial charge in [-0.05, 0) is 42.1 Å². The average molecular weight is 582 g/mol. The standard InChI is InChI=1S/C25H19Cl2N3O6S.Na/c1-13-7-10-20(37(33,34)35)21(27)22(13)29-30-23-16-6-4-3-5-14(16)11-17(24(23)31)25(32)28-19-12-15(36-2)8-9-18(19)26;/h3-12,31H,1-2H3,(H,28,32)(H,33,34,35);/q;+1/p-1. The van der Waals surface area contributed by atoms with Gasteiger partial charge in [0.25, 0.3) is 16.0 Å². The number of methoxy groups -OCH3 is 1. The Morgan fingerprint density at radius 3 is 2.39 bits per heavy atom. The number of anilines is 1. The van der Waals surface area contributed by atoms with Crippen molar-refractivity contribution >= 4 is 67.1 Å². The zero-order valence-electron chi connectivity index (χ0n) is 20.3. The maximum absolute atomic E-state index is 13.4. The second kappa shape index (κ2) is 12.0. The molecule has 0 fully saturated rings. The third kappa shape index (κ3) is 6.13. The minimum Gasteiger partial charge on any atom is -0.870 e. The van der Waals surface area contributed by atoms with Crippen molar-refractivity contribution in [1.29, 1.82) is 0 Å². The van der Waals surface area contributed by atoms with Gasteiger partial charge in [0.15, 0.2) is 0 Å². The van der Waals surface area contributed by atoms with Gasteiger partial charge in [-0.3, -0.25) is 9.35 Å². The Morgan fingerprint density at radius 1 is 1.03 bits per heavy atom. The second-order valence-corrected chi connectivity index (χ2v) is 10.0. The number of hydrogen-bond donors (Lipinski definition) is 2. The number of azo groups is 1. The molecule has 0 aromatic heterocycles. The molecule has 0 saturated heterocycles. The molecule has 0 aliphatic carbocycles. The van der Waals surface area contributed by atoms with Gasteiger partial charge in [0, 0.05) is 17.0 Å². The van der Waals surface area contributed by atoms with Crippen LogP contribution in [0.4, 0.5) is 17.1 Å². The molecule has 9 nitrogen and oxygen atoms in total. The van der Waals surface area contributed by atoms with Gasteiger partial charge in [-0.1, -0.05) is 59.3 Å². The normalized spacial score (nSPS) is 11.4. The maximum atomic E-state index is 13.4. The summed E-state index contributed by atoms with van der Waals surface area (Å²) in [6, 6.07) is 15.4. The Labute approximate surface area is 250 Å². The summed E-state index contributed by atoms with van der Waals surface area (Å²) in [6.07, 6.45) is 0. The molecular weight excluding hydrogens is 564 g/mol. The van der Waals surface area contributed by atoms with Crippen LogP contribution in [0, 0.1) is 6.92 Å². The fourth-order valence-electron chi connectivity index (χ4n) is 3.56. The zero-order valence-corrected chi connectivity index (χ0v) is 24.6. The fourth-order valence-corrected chi connectivity index (χ4v) is 4.83. The van der Waals surface area contributed by atoms with Gasteiger partial charge in [0.2, 0.25) is 0 Å². The van der Waals surface area contributed by atoms with E-state index in [0.29, 0.717) is 22.1 Å². The van der Waals surface area contributed by atoms with Crippen molar-refractivity contribution in [1.82, 2.24) is 0 Å². The molecule has 190 valence electrons. The number of aryl methyl sites for hydroxylation is 1. The molecule has 0 heterocycles. The van der Waals surface area contributed by atoms with Gasteiger partial charge in [0.05, 0.1) is 28.5 Å². The minimum absolute atomic E-state index is 0. The third-order valence-corrected chi connectivity index (χ3v) is 7.17. The molecule has 4 aromatic carbocycles. The van der Waals surface area contributed by atoms with E-state index in [-0.39, 0.29) is 62.2 Å². The van der Waals surface area contributed by atoms with E-state index in [1.54, 1.807) is 43.3 Å². The number of carbonyl (C=O) groups is 1. The molecule has 0 aliphatic heterocycles. The van der Waals surface area contributed by atoms with Crippen LogP contribution in [0.5, 0.6) is 11.5 Å². The van der Waals surface area contributed by atoms with Crippen molar-refractivity contribution in [3.8, 4) is 11.5 Å². The molecular formula is C25H18Cl2N3NaO6S. The predicted molar refractivity (Wildman–Crippen MR) is 140 cm³/mol. The van der Waals surface area contributed by atoms with Crippen molar-refractivity contribution in [2.75, 3.05) is 12.4 Å². The fraction of sp³-hybridized carbons (Fsp3) is 0.0800. The van der Waals surface area contributed by atoms with Gasteiger partial charge in [-0.2, -0.15) is 13.5 Å². The van der Waals surface area contributed by atoms with Crippen LogP contribution < -0.4 is 44.7 Å². The van der Waals surface area contributed by atoms with Crippen LogP contribution in [0.3, 0.4) is 0 Å². The molecule has 0 unspecified atom stereocenters. The molecule has 1 amide bonds. The first-order valence-corrected chi connectivity index (χ1v) is 12.8. The quantitative estimate of drug-likeness (QED) is 0.203. The zero-order chi connectivity index (χ0) is 26.9. The Hall–Kier alpha value is -2.70. The van der Waals surface area contributed by atoms with Gasteiger partial charge in [0.1, 0.15) is 16.3 Å². The predicted octanol–water partition coefficient (Wildman–Crippen LogP) is 3.46. The van der Waals surface area contributed by atoms with Crippen LogP contribution in [-0.4, -0.2) is 26.0 Å². The third-order valence-electron chi connectivity index (χ3n) is 5.45. The van der Waals surface area contributed by atoms with Crippen LogP contribution >= 0.6 is 23.2 Å². The number of carbonyl (C=O) groups excluding carboxylic acids is 1. The Balaban J connectivity index is 0.00000400. The van der Waals surface area contributed by atoms with Gasteiger partial charge in [-0.15, -0.1) is 5.11 Å². The second-order valence-electron chi connectivity index (χ2n) is 7.84. The smallest absolute Gasteiger partial charge is 0.870 e. The van der Waals surface area contributed by atoms with E-state index in [2.05, 4.69) is 15.5 Å². The first-order valence-electron chi connectivity index (χ1n) is 10.6. The van der Waals surface area contributed by atoms with Crippen LogP contribution in [0.15, 0.2) is 75.8 Å². The molecule has 0 aliphatic rings. The summed E-state index contributed by atoms with van der Waals surface area (Å²) >= 11 is 12.4. The average Bonchev–Trinajstić information content (AvgIpc) is 2.85. The number of fused-ring (bicyclic) bond motifs is 1. The van der Waals surface area contributed by atoms with E-state index in [9.17, 15) is 22.9 Å². The van der Waals surface area contributed by atoms with E-state index in [0.717, 1.165) is 6.07 Å². The Bertz CT molecular complexity index is 1700. The van der Waals surface area contributed by atoms with Crippen LogP contribution in [0.1, 0.15) is 15.9 Å². The largest absolute Gasteiger partial charge is 1.00 e. The molecule has 4 aromatic rings. The number of nitrogens with zero attached hydrogens (tertiary/aromatic N) is 2. The first kappa shape index (κ1) is 29.9.